The summed E-state index contributed by atoms with van der Waals surface area (Å²) in [7, 11) is 1.43. The van der Waals surface area contributed by atoms with Gasteiger partial charge >= 0.3 is 12.1 Å². The van der Waals surface area contributed by atoms with Crippen molar-refractivity contribution < 1.29 is 33.7 Å². The van der Waals surface area contributed by atoms with E-state index in [1.54, 1.807) is 0 Å². The molecule has 2 aromatic rings. The van der Waals surface area contributed by atoms with E-state index in [2.05, 4.69) is 22.8 Å². The Hall–Kier alpha value is -3.43. The lowest BCUT2D eigenvalue weighted by Gasteiger charge is -2.32. The van der Waals surface area contributed by atoms with Crippen LogP contribution in [0.5, 0.6) is 0 Å². The van der Waals surface area contributed by atoms with Crippen LogP contribution in [-0.4, -0.2) is 68.7 Å². The van der Waals surface area contributed by atoms with Gasteiger partial charge in [0.2, 0.25) is 5.91 Å². The topological polar surface area (TPSA) is 123 Å². The lowest BCUT2D eigenvalue weighted by atomic mass is 9.92. The smallest absolute Gasteiger partial charge is 0.407 e. The molecule has 186 valence electrons. The van der Waals surface area contributed by atoms with Crippen molar-refractivity contribution in [1.29, 1.82) is 0 Å². The molecule has 3 N–H and O–H groups in total. The first kappa shape index (κ1) is 24.7. The van der Waals surface area contributed by atoms with E-state index in [1.807, 2.05) is 36.4 Å². The van der Waals surface area contributed by atoms with Gasteiger partial charge in [-0.15, -0.1) is 0 Å². The maximum atomic E-state index is 12.9. The molecule has 4 rings (SSSR count). The van der Waals surface area contributed by atoms with Crippen molar-refractivity contribution in [2.24, 2.45) is 5.92 Å². The van der Waals surface area contributed by atoms with Gasteiger partial charge in [0.1, 0.15) is 12.6 Å². The number of rotatable bonds is 9. The molecule has 1 aliphatic heterocycles. The minimum atomic E-state index is -0.982. The first-order chi connectivity index (χ1) is 17.0. The second-order valence-electron chi connectivity index (χ2n) is 8.81. The number of nitrogens with one attached hydrogen (secondary N) is 2. The second-order valence-corrected chi connectivity index (χ2v) is 8.81. The van der Waals surface area contributed by atoms with E-state index < -0.39 is 24.0 Å². The summed E-state index contributed by atoms with van der Waals surface area (Å²) in [6, 6.07) is 14.7. The number of hydrogen-bond acceptors (Lipinski definition) is 6. The molecular weight excluding hydrogens is 452 g/mol. The Balaban J connectivity index is 1.37. The van der Waals surface area contributed by atoms with E-state index in [4.69, 9.17) is 19.3 Å². The van der Waals surface area contributed by atoms with Gasteiger partial charge in [0.15, 0.2) is 0 Å². The number of carbonyl (C=O) groups is 3. The van der Waals surface area contributed by atoms with Crippen molar-refractivity contribution in [3.05, 3.63) is 59.7 Å². The number of amides is 2. The Bertz CT molecular complexity index is 1030. The highest BCUT2D eigenvalue weighted by atomic mass is 16.5. The Morgan fingerprint density at radius 1 is 1.09 bits per heavy atom. The molecule has 35 heavy (non-hydrogen) atoms. The molecule has 9 heteroatoms. The van der Waals surface area contributed by atoms with Crippen LogP contribution in [0.15, 0.2) is 48.5 Å². The molecule has 2 aromatic carbocycles. The van der Waals surface area contributed by atoms with Gasteiger partial charge in [0, 0.05) is 31.6 Å². The maximum absolute atomic E-state index is 12.9. The SMILES string of the molecule is COCC(NC(=O)OCC1c2ccccc2-c2ccccc21)C(=O)NC1CCOCC1CC(=O)O. The van der Waals surface area contributed by atoms with Crippen molar-refractivity contribution in [3.63, 3.8) is 0 Å². The first-order valence-corrected chi connectivity index (χ1v) is 11.7. The molecule has 9 nitrogen and oxygen atoms in total. The number of carbonyl (C=O) groups excluding carboxylic acids is 2. The number of carboxylic acid groups (broad SMARTS) is 1. The third kappa shape index (κ3) is 5.80. The molecule has 3 atom stereocenters. The fourth-order valence-electron chi connectivity index (χ4n) is 4.83. The molecule has 1 saturated heterocycles. The predicted molar refractivity (Wildman–Crippen MR) is 127 cm³/mol. The zero-order chi connectivity index (χ0) is 24.8. The summed E-state index contributed by atoms with van der Waals surface area (Å²) in [5.74, 6) is -1.85. The third-order valence-corrected chi connectivity index (χ3v) is 6.52. The quantitative estimate of drug-likeness (QED) is 0.502. The number of ether oxygens (including phenoxy) is 3. The second kappa shape index (κ2) is 11.3. The zero-order valence-electron chi connectivity index (χ0n) is 19.6. The lowest BCUT2D eigenvalue weighted by molar-refractivity contribution is -0.140. The molecular formula is C26H30N2O7. The first-order valence-electron chi connectivity index (χ1n) is 11.7. The molecule has 2 amide bonds. The number of methoxy groups -OCH3 is 1. The van der Waals surface area contributed by atoms with Gasteiger partial charge < -0.3 is 30.0 Å². The van der Waals surface area contributed by atoms with E-state index in [0.717, 1.165) is 22.3 Å². The molecule has 1 fully saturated rings. The van der Waals surface area contributed by atoms with E-state index in [1.165, 1.54) is 7.11 Å². The number of alkyl carbamates (subject to hydrolysis) is 1. The van der Waals surface area contributed by atoms with Gasteiger partial charge in [-0.1, -0.05) is 48.5 Å². The van der Waals surface area contributed by atoms with Crippen LogP contribution in [0.25, 0.3) is 11.1 Å². The van der Waals surface area contributed by atoms with Crippen molar-refractivity contribution in [2.45, 2.75) is 30.8 Å². The monoisotopic (exact) mass is 482 g/mol. The highest BCUT2D eigenvalue weighted by molar-refractivity contribution is 5.86. The average Bonchev–Trinajstić information content (AvgIpc) is 3.17. The maximum Gasteiger partial charge on any atom is 0.407 e. The zero-order valence-corrected chi connectivity index (χ0v) is 19.6. The van der Waals surface area contributed by atoms with Crippen LogP contribution in [-0.2, 0) is 23.8 Å². The molecule has 1 heterocycles. The van der Waals surface area contributed by atoms with Crippen LogP contribution in [0.2, 0.25) is 0 Å². The standard InChI is InChI=1S/C26H30N2O7/c1-33-15-23(25(31)27-22-10-11-34-13-16(22)12-24(29)30)28-26(32)35-14-21-19-8-4-2-6-17(19)18-7-3-5-9-20(18)21/h2-9,16,21-23H,10-15H2,1H3,(H,27,31)(H,28,32)(H,29,30). The van der Waals surface area contributed by atoms with Crippen LogP contribution in [0.4, 0.5) is 4.79 Å². The van der Waals surface area contributed by atoms with Crippen LogP contribution < -0.4 is 10.6 Å². The van der Waals surface area contributed by atoms with Crippen molar-refractivity contribution in [3.8, 4) is 11.1 Å². The minimum absolute atomic E-state index is 0.0527. The summed E-state index contributed by atoms with van der Waals surface area (Å²) in [5.41, 5.74) is 4.44. The normalized spacial score (nSPS) is 19.8. The third-order valence-electron chi connectivity index (χ3n) is 6.52. The minimum Gasteiger partial charge on any atom is -0.481 e. The van der Waals surface area contributed by atoms with Crippen LogP contribution in [0.3, 0.4) is 0 Å². The number of fused-ring (bicyclic) bond motifs is 3. The van der Waals surface area contributed by atoms with Gasteiger partial charge in [-0.3, -0.25) is 9.59 Å². The van der Waals surface area contributed by atoms with Crippen LogP contribution in [0.1, 0.15) is 29.9 Å². The van der Waals surface area contributed by atoms with Gasteiger partial charge in [0.25, 0.3) is 0 Å². The summed E-state index contributed by atoms with van der Waals surface area (Å²) >= 11 is 0. The average molecular weight is 483 g/mol. The molecule has 0 spiro atoms. The van der Waals surface area contributed by atoms with Gasteiger partial charge in [-0.05, 0) is 28.7 Å². The molecule has 1 aliphatic carbocycles. The van der Waals surface area contributed by atoms with Crippen LogP contribution in [0, 0.1) is 5.92 Å². The number of carboxylic acids is 1. The molecule has 0 radical (unpaired) electrons. The van der Waals surface area contributed by atoms with Gasteiger partial charge in [-0.2, -0.15) is 0 Å². The Morgan fingerprint density at radius 3 is 2.37 bits per heavy atom. The van der Waals surface area contributed by atoms with Crippen molar-refractivity contribution in [2.75, 3.05) is 33.5 Å². The van der Waals surface area contributed by atoms with Gasteiger partial charge in [0.05, 0.1) is 19.6 Å². The summed E-state index contributed by atoms with van der Waals surface area (Å²) in [4.78, 5) is 36.7. The van der Waals surface area contributed by atoms with Crippen molar-refractivity contribution in [1.82, 2.24) is 10.6 Å². The Labute approximate surface area is 203 Å². The Kier molecular flexibility index (Phi) is 7.99. The number of hydrogen-bond donors (Lipinski definition) is 3. The largest absolute Gasteiger partial charge is 0.481 e. The Morgan fingerprint density at radius 2 is 1.74 bits per heavy atom. The fourth-order valence-corrected chi connectivity index (χ4v) is 4.83. The highest BCUT2D eigenvalue weighted by Gasteiger charge is 2.33. The molecule has 0 saturated carbocycles. The number of benzene rings is 2. The van der Waals surface area contributed by atoms with E-state index in [0.29, 0.717) is 13.0 Å². The van der Waals surface area contributed by atoms with E-state index >= 15 is 0 Å². The van der Waals surface area contributed by atoms with E-state index in [9.17, 15) is 14.4 Å². The molecule has 3 unspecified atom stereocenters. The summed E-state index contributed by atoms with van der Waals surface area (Å²) in [5, 5.41) is 14.6. The predicted octanol–water partition coefficient (Wildman–Crippen LogP) is 2.54. The summed E-state index contributed by atoms with van der Waals surface area (Å²) < 4.78 is 16.0. The van der Waals surface area contributed by atoms with Crippen molar-refractivity contribution >= 4 is 18.0 Å². The number of aliphatic carboxylic acids is 1. The highest BCUT2D eigenvalue weighted by Crippen LogP contribution is 2.44. The van der Waals surface area contributed by atoms with Gasteiger partial charge in [-0.25, -0.2) is 4.79 Å². The summed E-state index contributed by atoms with van der Waals surface area (Å²) in [6.07, 6.45) is -0.341. The molecule has 2 aliphatic rings. The molecule has 0 aromatic heterocycles. The summed E-state index contributed by atoms with van der Waals surface area (Å²) in [6.45, 7) is 0.756. The van der Waals surface area contributed by atoms with Crippen LogP contribution >= 0.6 is 0 Å². The fraction of sp³-hybridized carbons (Fsp3) is 0.423. The van der Waals surface area contributed by atoms with E-state index in [-0.39, 0.29) is 44.1 Å². The molecule has 0 bridgehead atoms. The lowest BCUT2D eigenvalue weighted by Crippen LogP contribution is -2.55.